The Kier molecular flexibility index (Phi) is 3.96. The van der Waals surface area contributed by atoms with E-state index < -0.39 is 62.1 Å². The molecular weight excluding hydrogens is 368 g/mol. The molecule has 2 heterocycles. The summed E-state index contributed by atoms with van der Waals surface area (Å²) in [6.07, 6.45) is 0.605. The van der Waals surface area contributed by atoms with E-state index in [2.05, 4.69) is 4.98 Å². The number of benzene rings is 1. The number of rotatable bonds is 2. The van der Waals surface area contributed by atoms with Crippen molar-refractivity contribution in [1.29, 1.82) is 0 Å². The fourth-order valence-electron chi connectivity index (χ4n) is 2.29. The van der Waals surface area contributed by atoms with Crippen molar-refractivity contribution in [1.82, 2.24) is 9.55 Å². The Balaban J connectivity index is 2.55. The topological polar surface area (TPSA) is 72.2 Å². The lowest BCUT2D eigenvalue weighted by molar-refractivity contribution is 0.0695. The van der Waals surface area contributed by atoms with Crippen LogP contribution in [0.3, 0.4) is 0 Å². The van der Waals surface area contributed by atoms with Gasteiger partial charge in [-0.25, -0.2) is 27.3 Å². The lowest BCUT2D eigenvalue weighted by Crippen LogP contribution is -2.20. The minimum absolute atomic E-state index is 0.355. The van der Waals surface area contributed by atoms with Crippen LogP contribution in [0.5, 0.6) is 0 Å². The molecular formula is C15H5ClF4N2O3. The maximum absolute atomic E-state index is 14.1. The number of halogens is 5. The SMILES string of the molecule is O=C(O)c1cn(-c2c(F)cc(F)cc2F)c2nc(Cl)c(F)cc2c1=O. The first kappa shape index (κ1) is 16.9. The van der Waals surface area contributed by atoms with Gasteiger partial charge in [-0.3, -0.25) is 9.36 Å². The van der Waals surface area contributed by atoms with E-state index in [1.807, 2.05) is 0 Å². The summed E-state index contributed by atoms with van der Waals surface area (Å²) in [6.45, 7) is 0. The number of carbonyl (C=O) groups is 1. The predicted molar refractivity (Wildman–Crippen MR) is 79.1 cm³/mol. The number of hydrogen-bond acceptors (Lipinski definition) is 3. The second kappa shape index (κ2) is 5.85. The minimum Gasteiger partial charge on any atom is -0.477 e. The van der Waals surface area contributed by atoms with Crippen molar-refractivity contribution in [2.75, 3.05) is 0 Å². The van der Waals surface area contributed by atoms with Crippen LogP contribution in [0.2, 0.25) is 5.15 Å². The average Bonchev–Trinajstić information content (AvgIpc) is 2.50. The van der Waals surface area contributed by atoms with E-state index in [0.717, 1.165) is 0 Å². The largest absolute Gasteiger partial charge is 0.477 e. The van der Waals surface area contributed by atoms with Gasteiger partial charge in [-0.1, -0.05) is 11.6 Å². The van der Waals surface area contributed by atoms with Gasteiger partial charge in [0.15, 0.2) is 28.3 Å². The zero-order valence-electron chi connectivity index (χ0n) is 11.9. The highest BCUT2D eigenvalue weighted by molar-refractivity contribution is 6.29. The normalized spacial score (nSPS) is 11.1. The number of fused-ring (bicyclic) bond motifs is 1. The molecule has 0 aliphatic heterocycles. The van der Waals surface area contributed by atoms with E-state index in [1.54, 1.807) is 0 Å². The predicted octanol–water partition coefficient (Wildman–Crippen LogP) is 3.29. The van der Waals surface area contributed by atoms with Gasteiger partial charge in [0.1, 0.15) is 17.1 Å². The third-order valence-corrected chi connectivity index (χ3v) is 3.61. The summed E-state index contributed by atoms with van der Waals surface area (Å²) in [5, 5.41) is 7.83. The second-order valence-corrected chi connectivity index (χ2v) is 5.26. The summed E-state index contributed by atoms with van der Waals surface area (Å²) in [4.78, 5) is 26.9. The Hall–Kier alpha value is -2.94. The number of hydrogen-bond donors (Lipinski definition) is 1. The van der Waals surface area contributed by atoms with E-state index in [1.165, 1.54) is 0 Å². The summed E-state index contributed by atoms with van der Waals surface area (Å²) in [5.74, 6) is -6.82. The zero-order valence-corrected chi connectivity index (χ0v) is 12.6. The summed E-state index contributed by atoms with van der Waals surface area (Å²) in [6, 6.07) is 1.32. The number of carboxylic acid groups (broad SMARTS) is 1. The molecule has 3 aromatic rings. The minimum atomic E-state index is -1.71. The molecule has 0 radical (unpaired) electrons. The van der Waals surface area contributed by atoms with E-state index in [9.17, 15) is 27.2 Å². The van der Waals surface area contributed by atoms with Crippen LogP contribution in [0.4, 0.5) is 17.6 Å². The third kappa shape index (κ3) is 2.72. The molecule has 0 bridgehead atoms. The van der Waals surface area contributed by atoms with Crippen molar-refractivity contribution in [2.24, 2.45) is 0 Å². The summed E-state index contributed by atoms with van der Waals surface area (Å²) in [5.41, 5.74) is -3.40. The quantitative estimate of drug-likeness (QED) is 0.553. The monoisotopic (exact) mass is 372 g/mol. The molecule has 0 amide bonds. The highest BCUT2D eigenvalue weighted by atomic mass is 35.5. The molecule has 0 saturated carbocycles. The van der Waals surface area contributed by atoms with Crippen LogP contribution in [-0.4, -0.2) is 20.6 Å². The van der Waals surface area contributed by atoms with Crippen molar-refractivity contribution in [3.05, 3.63) is 68.6 Å². The first-order valence-electron chi connectivity index (χ1n) is 6.50. The third-order valence-electron chi connectivity index (χ3n) is 3.34. The van der Waals surface area contributed by atoms with Crippen LogP contribution in [0.1, 0.15) is 10.4 Å². The molecule has 0 aliphatic rings. The Labute approximate surface area is 140 Å². The van der Waals surface area contributed by atoms with Crippen molar-refractivity contribution >= 4 is 28.6 Å². The molecule has 0 spiro atoms. The van der Waals surface area contributed by atoms with Crippen LogP contribution < -0.4 is 5.43 Å². The van der Waals surface area contributed by atoms with Gasteiger partial charge in [-0.2, -0.15) is 0 Å². The molecule has 5 nitrogen and oxygen atoms in total. The molecule has 0 aliphatic carbocycles. The number of pyridine rings is 2. The molecule has 0 saturated heterocycles. The van der Waals surface area contributed by atoms with Gasteiger partial charge in [-0.15, -0.1) is 0 Å². The van der Waals surface area contributed by atoms with Gasteiger partial charge in [0.25, 0.3) is 0 Å². The van der Waals surface area contributed by atoms with Crippen LogP contribution in [0.25, 0.3) is 16.7 Å². The Morgan fingerprint density at radius 3 is 2.24 bits per heavy atom. The number of nitrogens with zero attached hydrogens (tertiary/aromatic N) is 2. The maximum Gasteiger partial charge on any atom is 0.341 e. The van der Waals surface area contributed by atoms with Crippen LogP contribution in [0.15, 0.2) is 29.2 Å². The molecule has 0 fully saturated rings. The van der Waals surface area contributed by atoms with Crippen molar-refractivity contribution in [3.8, 4) is 5.69 Å². The molecule has 2 aromatic heterocycles. The highest BCUT2D eigenvalue weighted by Gasteiger charge is 2.22. The Morgan fingerprint density at radius 2 is 1.68 bits per heavy atom. The molecule has 10 heteroatoms. The first-order valence-corrected chi connectivity index (χ1v) is 6.88. The summed E-state index contributed by atoms with van der Waals surface area (Å²) >= 11 is 5.54. The van der Waals surface area contributed by atoms with Gasteiger partial charge in [0, 0.05) is 18.3 Å². The molecule has 25 heavy (non-hydrogen) atoms. The van der Waals surface area contributed by atoms with Crippen molar-refractivity contribution in [3.63, 3.8) is 0 Å². The fourth-order valence-corrected chi connectivity index (χ4v) is 2.42. The zero-order chi connectivity index (χ0) is 18.5. The number of aromatic carboxylic acids is 1. The number of carboxylic acids is 1. The standard InChI is InChI=1S/C15H5ClF4N2O3/c16-13-10(20)3-6-12(23)7(15(24)25)4-22(14(6)21-13)11-8(18)1-5(17)2-9(11)19/h1-4H,(H,24,25). The fraction of sp³-hybridized carbons (Fsp3) is 0. The van der Waals surface area contributed by atoms with E-state index >= 15 is 0 Å². The van der Waals surface area contributed by atoms with Crippen LogP contribution >= 0.6 is 11.6 Å². The van der Waals surface area contributed by atoms with E-state index in [4.69, 9.17) is 16.7 Å². The lowest BCUT2D eigenvalue weighted by atomic mass is 10.1. The van der Waals surface area contributed by atoms with E-state index in [0.29, 0.717) is 29.0 Å². The smallest absolute Gasteiger partial charge is 0.341 e. The Morgan fingerprint density at radius 1 is 1.08 bits per heavy atom. The molecule has 1 aromatic carbocycles. The van der Waals surface area contributed by atoms with Crippen molar-refractivity contribution in [2.45, 2.75) is 0 Å². The second-order valence-electron chi connectivity index (χ2n) is 4.90. The molecule has 0 unspecified atom stereocenters. The lowest BCUT2D eigenvalue weighted by Gasteiger charge is -2.13. The van der Waals surface area contributed by atoms with Gasteiger partial charge in [-0.05, 0) is 6.07 Å². The molecule has 0 atom stereocenters. The molecule has 1 N–H and O–H groups in total. The van der Waals surface area contributed by atoms with Gasteiger partial charge < -0.3 is 5.11 Å². The highest BCUT2D eigenvalue weighted by Crippen LogP contribution is 2.25. The van der Waals surface area contributed by atoms with Gasteiger partial charge >= 0.3 is 5.97 Å². The van der Waals surface area contributed by atoms with Gasteiger partial charge in [0.2, 0.25) is 5.43 Å². The van der Waals surface area contributed by atoms with E-state index in [-0.39, 0.29) is 0 Å². The van der Waals surface area contributed by atoms with Crippen LogP contribution in [0, 0.1) is 23.3 Å². The summed E-state index contributed by atoms with van der Waals surface area (Å²) in [7, 11) is 0. The maximum atomic E-state index is 14.1. The average molecular weight is 373 g/mol. The van der Waals surface area contributed by atoms with Crippen LogP contribution in [-0.2, 0) is 0 Å². The Bertz CT molecular complexity index is 1090. The molecule has 128 valence electrons. The number of aromatic nitrogens is 2. The first-order chi connectivity index (χ1) is 11.7. The van der Waals surface area contributed by atoms with Gasteiger partial charge in [0.05, 0.1) is 5.39 Å². The molecule has 3 rings (SSSR count). The summed E-state index contributed by atoms with van der Waals surface area (Å²) < 4.78 is 55.4. The van der Waals surface area contributed by atoms with Crippen molar-refractivity contribution < 1.29 is 27.5 Å².